The molecule has 0 aromatic rings. The van der Waals surface area contributed by atoms with Crippen molar-refractivity contribution in [3.63, 3.8) is 0 Å². The highest BCUT2D eigenvalue weighted by Crippen LogP contribution is 2.36. The lowest BCUT2D eigenvalue weighted by Crippen LogP contribution is -2.51. The summed E-state index contributed by atoms with van der Waals surface area (Å²) in [6.45, 7) is 4.33. The maximum atomic E-state index is 12.5. The van der Waals surface area contributed by atoms with Crippen LogP contribution in [0.25, 0.3) is 0 Å². The summed E-state index contributed by atoms with van der Waals surface area (Å²) in [4.78, 5) is 0. The molecule has 1 saturated heterocycles. The number of hydrogen-bond acceptors (Lipinski definition) is 3. The Labute approximate surface area is 118 Å². The molecule has 0 aromatic carbocycles. The Balaban J connectivity index is 1.93. The molecule has 0 radical (unpaired) electrons. The van der Waals surface area contributed by atoms with Crippen LogP contribution in [-0.2, 0) is 10.0 Å². The molecule has 5 heteroatoms. The van der Waals surface area contributed by atoms with Gasteiger partial charge < -0.3 is 5.32 Å². The molecule has 1 heterocycles. The summed E-state index contributed by atoms with van der Waals surface area (Å²) in [7, 11) is -3.06. The number of piperidine rings is 1. The van der Waals surface area contributed by atoms with Gasteiger partial charge in [-0.3, -0.25) is 0 Å². The van der Waals surface area contributed by atoms with Gasteiger partial charge in [-0.1, -0.05) is 19.8 Å². The molecule has 1 aliphatic carbocycles. The van der Waals surface area contributed by atoms with Gasteiger partial charge in [0.25, 0.3) is 0 Å². The van der Waals surface area contributed by atoms with E-state index in [9.17, 15) is 8.42 Å². The average molecular weight is 288 g/mol. The van der Waals surface area contributed by atoms with E-state index in [0.717, 1.165) is 32.4 Å². The van der Waals surface area contributed by atoms with E-state index in [1.54, 1.807) is 0 Å². The summed E-state index contributed by atoms with van der Waals surface area (Å²) in [6, 6.07) is 0.304. The van der Waals surface area contributed by atoms with Crippen molar-refractivity contribution in [1.29, 1.82) is 0 Å². The van der Waals surface area contributed by atoms with Crippen LogP contribution in [0.2, 0.25) is 0 Å². The fraction of sp³-hybridized carbons (Fsp3) is 1.00. The largest absolute Gasteiger partial charge is 0.316 e. The fourth-order valence-electron chi connectivity index (χ4n) is 3.54. The molecule has 1 N–H and O–H groups in total. The molecule has 0 amide bonds. The highest BCUT2D eigenvalue weighted by molar-refractivity contribution is 7.89. The van der Waals surface area contributed by atoms with Gasteiger partial charge >= 0.3 is 0 Å². The molecular formula is C14H28N2O2S. The quantitative estimate of drug-likeness (QED) is 0.760. The van der Waals surface area contributed by atoms with Crippen molar-refractivity contribution in [2.45, 2.75) is 57.9 Å². The molecule has 0 bridgehead atoms. The molecule has 1 aliphatic heterocycles. The normalized spacial score (nSPS) is 29.1. The Morgan fingerprint density at radius 1 is 1.11 bits per heavy atom. The summed E-state index contributed by atoms with van der Waals surface area (Å²) in [5, 5.41) is 3.20. The van der Waals surface area contributed by atoms with Gasteiger partial charge in [0, 0.05) is 19.1 Å². The van der Waals surface area contributed by atoms with Gasteiger partial charge in [0.2, 0.25) is 10.0 Å². The van der Waals surface area contributed by atoms with Crippen LogP contribution >= 0.6 is 0 Å². The first-order valence-corrected chi connectivity index (χ1v) is 9.46. The third-order valence-corrected chi connectivity index (χ3v) is 6.40. The van der Waals surface area contributed by atoms with Crippen LogP contribution in [0, 0.1) is 5.92 Å². The van der Waals surface area contributed by atoms with Crippen LogP contribution in [0.5, 0.6) is 0 Å². The Hall–Kier alpha value is -0.130. The molecule has 112 valence electrons. The van der Waals surface area contributed by atoms with Crippen molar-refractivity contribution in [2.24, 2.45) is 5.92 Å². The van der Waals surface area contributed by atoms with Gasteiger partial charge in [-0.25, -0.2) is 8.42 Å². The lowest BCUT2D eigenvalue weighted by Gasteiger charge is -2.43. The number of fused-ring (bicyclic) bond motifs is 1. The van der Waals surface area contributed by atoms with Crippen molar-refractivity contribution in [3.05, 3.63) is 0 Å². The molecule has 0 spiro atoms. The van der Waals surface area contributed by atoms with E-state index in [2.05, 4.69) is 12.2 Å². The molecule has 1 saturated carbocycles. The zero-order valence-corrected chi connectivity index (χ0v) is 12.9. The smallest absolute Gasteiger partial charge is 0.215 e. The maximum Gasteiger partial charge on any atom is 0.215 e. The lowest BCUT2D eigenvalue weighted by molar-refractivity contribution is 0.129. The van der Waals surface area contributed by atoms with Crippen LogP contribution in [0.4, 0.5) is 0 Å². The summed E-state index contributed by atoms with van der Waals surface area (Å²) in [6.07, 6.45) is 8.10. The Morgan fingerprint density at radius 2 is 1.84 bits per heavy atom. The molecule has 2 fully saturated rings. The minimum atomic E-state index is -3.06. The van der Waals surface area contributed by atoms with Crippen LogP contribution < -0.4 is 5.32 Å². The second kappa shape index (κ2) is 7.04. The van der Waals surface area contributed by atoms with E-state index < -0.39 is 10.0 Å². The van der Waals surface area contributed by atoms with E-state index in [-0.39, 0.29) is 5.75 Å². The molecule has 4 nitrogen and oxygen atoms in total. The van der Waals surface area contributed by atoms with Crippen molar-refractivity contribution in [1.82, 2.24) is 9.62 Å². The number of nitrogens with one attached hydrogen (secondary N) is 1. The van der Waals surface area contributed by atoms with E-state index in [1.165, 1.54) is 25.7 Å². The van der Waals surface area contributed by atoms with Crippen molar-refractivity contribution >= 4 is 10.0 Å². The minimum absolute atomic E-state index is 0.260. The van der Waals surface area contributed by atoms with Gasteiger partial charge in [0.1, 0.15) is 0 Å². The van der Waals surface area contributed by atoms with E-state index in [0.29, 0.717) is 18.5 Å². The van der Waals surface area contributed by atoms with Crippen molar-refractivity contribution < 1.29 is 8.42 Å². The van der Waals surface area contributed by atoms with Crippen LogP contribution in [-0.4, -0.2) is 44.2 Å². The van der Waals surface area contributed by atoms with Gasteiger partial charge in [-0.15, -0.1) is 0 Å². The molecule has 19 heavy (non-hydrogen) atoms. The Bertz CT molecular complexity index is 368. The first-order chi connectivity index (χ1) is 9.15. The molecule has 0 aromatic heterocycles. The van der Waals surface area contributed by atoms with Crippen LogP contribution in [0.15, 0.2) is 0 Å². The van der Waals surface area contributed by atoms with Crippen LogP contribution in [0.1, 0.15) is 51.9 Å². The zero-order chi connectivity index (χ0) is 13.7. The molecule has 2 aliphatic rings. The Kier molecular flexibility index (Phi) is 5.66. The molecule has 2 rings (SSSR count). The first kappa shape index (κ1) is 15.3. The first-order valence-electron chi connectivity index (χ1n) is 7.85. The summed E-state index contributed by atoms with van der Waals surface area (Å²) < 4.78 is 26.8. The topological polar surface area (TPSA) is 49.4 Å². The number of rotatable bonds is 6. The molecule has 2 atom stereocenters. The lowest BCUT2D eigenvalue weighted by atomic mass is 9.79. The highest BCUT2D eigenvalue weighted by Gasteiger charge is 2.38. The summed E-state index contributed by atoms with van der Waals surface area (Å²) in [5.74, 6) is 0.886. The standard InChI is InChI=1S/C14H28N2O2S/c1-2-9-15-10-12-19(17,18)16-11-5-7-13-6-3-4-8-14(13)16/h13-15H,2-12H2,1H3. The van der Waals surface area contributed by atoms with Gasteiger partial charge in [-0.05, 0) is 44.6 Å². The predicted molar refractivity (Wildman–Crippen MR) is 78.6 cm³/mol. The predicted octanol–water partition coefficient (Wildman–Crippen LogP) is 1.97. The van der Waals surface area contributed by atoms with Gasteiger partial charge in [0.15, 0.2) is 0 Å². The van der Waals surface area contributed by atoms with Crippen LogP contribution in [0.3, 0.4) is 0 Å². The number of sulfonamides is 1. The third-order valence-electron chi connectivity index (χ3n) is 4.51. The molecular weight excluding hydrogens is 260 g/mol. The summed E-state index contributed by atoms with van der Waals surface area (Å²) >= 11 is 0. The number of hydrogen-bond donors (Lipinski definition) is 1. The highest BCUT2D eigenvalue weighted by atomic mass is 32.2. The third kappa shape index (κ3) is 3.92. The fourth-order valence-corrected chi connectivity index (χ4v) is 5.28. The second-order valence-electron chi connectivity index (χ2n) is 5.93. The van der Waals surface area contributed by atoms with E-state index in [4.69, 9.17) is 0 Å². The van der Waals surface area contributed by atoms with Crippen molar-refractivity contribution in [3.8, 4) is 0 Å². The Morgan fingerprint density at radius 3 is 2.63 bits per heavy atom. The average Bonchev–Trinajstić information content (AvgIpc) is 2.43. The van der Waals surface area contributed by atoms with Crippen molar-refractivity contribution in [2.75, 3.05) is 25.4 Å². The monoisotopic (exact) mass is 288 g/mol. The van der Waals surface area contributed by atoms with E-state index >= 15 is 0 Å². The minimum Gasteiger partial charge on any atom is -0.316 e. The van der Waals surface area contributed by atoms with Gasteiger partial charge in [0.05, 0.1) is 5.75 Å². The SMILES string of the molecule is CCCNCCS(=O)(=O)N1CCCC2CCCCC21. The maximum absolute atomic E-state index is 12.5. The number of nitrogens with zero attached hydrogens (tertiary/aromatic N) is 1. The van der Waals surface area contributed by atoms with Gasteiger partial charge in [-0.2, -0.15) is 4.31 Å². The molecule has 2 unspecified atom stereocenters. The second-order valence-corrected chi connectivity index (χ2v) is 7.97. The zero-order valence-electron chi connectivity index (χ0n) is 12.1. The van der Waals surface area contributed by atoms with E-state index in [1.807, 2.05) is 4.31 Å². The summed E-state index contributed by atoms with van der Waals surface area (Å²) in [5.41, 5.74) is 0.